The lowest BCUT2D eigenvalue weighted by molar-refractivity contribution is -0.142. The zero-order valence-electron chi connectivity index (χ0n) is 16.7. The summed E-state index contributed by atoms with van der Waals surface area (Å²) in [6.07, 6.45) is 4.88. The van der Waals surface area contributed by atoms with Crippen molar-refractivity contribution >= 4 is 5.91 Å². The van der Waals surface area contributed by atoms with Crippen molar-refractivity contribution in [3.63, 3.8) is 0 Å². The third kappa shape index (κ3) is 4.54. The van der Waals surface area contributed by atoms with E-state index in [2.05, 4.69) is 4.98 Å². The van der Waals surface area contributed by atoms with E-state index in [4.69, 9.17) is 18.9 Å². The second-order valence-electron chi connectivity index (χ2n) is 7.25. The summed E-state index contributed by atoms with van der Waals surface area (Å²) in [7, 11) is 1.66. The van der Waals surface area contributed by atoms with Crippen LogP contribution in [0.25, 0.3) is 0 Å². The number of para-hydroxylation sites is 2. The molecular weight excluding hydrogens is 374 g/mol. The van der Waals surface area contributed by atoms with E-state index in [1.54, 1.807) is 13.3 Å². The number of likely N-dealkylation sites (tertiary alicyclic amines) is 1. The quantitative estimate of drug-likeness (QED) is 0.661. The number of carbonyl (C=O) groups excluding carboxylic acids is 1. The number of benzene rings is 1. The first-order valence-electron chi connectivity index (χ1n) is 10.0. The number of hydrogen-bond acceptors (Lipinski definition) is 6. The number of piperidine rings is 1. The van der Waals surface area contributed by atoms with Crippen LogP contribution in [0.5, 0.6) is 11.5 Å². The molecule has 156 valence electrons. The van der Waals surface area contributed by atoms with E-state index in [9.17, 15) is 4.79 Å². The van der Waals surface area contributed by atoms with E-state index < -0.39 is 6.10 Å². The fourth-order valence-corrected chi connectivity index (χ4v) is 3.80. The van der Waals surface area contributed by atoms with Crippen molar-refractivity contribution in [2.45, 2.75) is 31.6 Å². The Balaban J connectivity index is 1.30. The van der Waals surface area contributed by atoms with Gasteiger partial charge >= 0.3 is 0 Å². The minimum Gasteiger partial charge on any atom is -0.485 e. The predicted octanol–water partition coefficient (Wildman–Crippen LogP) is 2.05. The minimum absolute atomic E-state index is 0.0100. The summed E-state index contributed by atoms with van der Waals surface area (Å²) >= 11 is 0. The van der Waals surface area contributed by atoms with Crippen LogP contribution in [-0.4, -0.2) is 66.5 Å². The van der Waals surface area contributed by atoms with Crippen LogP contribution in [0.4, 0.5) is 0 Å². The zero-order valence-corrected chi connectivity index (χ0v) is 16.7. The van der Waals surface area contributed by atoms with Crippen LogP contribution >= 0.6 is 0 Å². The highest BCUT2D eigenvalue weighted by molar-refractivity contribution is 5.82. The van der Waals surface area contributed by atoms with Crippen molar-refractivity contribution < 1.29 is 23.7 Å². The summed E-state index contributed by atoms with van der Waals surface area (Å²) in [4.78, 5) is 19.3. The molecule has 0 radical (unpaired) electrons. The lowest BCUT2D eigenvalue weighted by Crippen LogP contribution is -2.49. The van der Waals surface area contributed by atoms with Crippen molar-refractivity contribution in [1.29, 1.82) is 0 Å². The molecule has 1 amide bonds. The van der Waals surface area contributed by atoms with Crippen molar-refractivity contribution in [3.8, 4) is 11.5 Å². The first kappa shape index (κ1) is 19.7. The van der Waals surface area contributed by atoms with Gasteiger partial charge in [0.25, 0.3) is 5.91 Å². The second kappa shape index (κ2) is 9.28. The highest BCUT2D eigenvalue weighted by atomic mass is 16.6. The molecule has 0 N–H and O–H groups in total. The number of aromatic nitrogens is 2. The molecule has 29 heavy (non-hydrogen) atoms. The maximum Gasteiger partial charge on any atom is 0.267 e. The first-order valence-corrected chi connectivity index (χ1v) is 10.0. The van der Waals surface area contributed by atoms with E-state index in [1.165, 1.54) is 0 Å². The molecule has 8 nitrogen and oxygen atoms in total. The normalized spacial score (nSPS) is 19.3. The molecular formula is C21H27N3O5. The fourth-order valence-electron chi connectivity index (χ4n) is 3.80. The van der Waals surface area contributed by atoms with Crippen molar-refractivity contribution in [2.24, 2.45) is 0 Å². The van der Waals surface area contributed by atoms with Gasteiger partial charge in [-0.2, -0.15) is 0 Å². The molecule has 0 aliphatic carbocycles. The molecule has 3 heterocycles. The summed E-state index contributed by atoms with van der Waals surface area (Å²) in [6.45, 7) is 3.20. The number of carbonyl (C=O) groups is 1. The lowest BCUT2D eigenvalue weighted by atomic mass is 9.95. The molecule has 0 saturated carbocycles. The van der Waals surface area contributed by atoms with Gasteiger partial charge in [0.2, 0.25) is 6.10 Å². The van der Waals surface area contributed by atoms with Gasteiger partial charge in [0.1, 0.15) is 19.2 Å². The number of methoxy groups -OCH3 is 1. The van der Waals surface area contributed by atoms with Gasteiger partial charge in [0.15, 0.2) is 11.5 Å². The second-order valence-corrected chi connectivity index (χ2v) is 7.25. The fraction of sp³-hybridized carbons (Fsp3) is 0.524. The highest BCUT2D eigenvalue weighted by Gasteiger charge is 2.34. The van der Waals surface area contributed by atoms with E-state index in [0.717, 1.165) is 18.7 Å². The number of hydrogen-bond donors (Lipinski definition) is 0. The molecule has 4 rings (SSSR count). The Morgan fingerprint density at radius 1 is 1.21 bits per heavy atom. The van der Waals surface area contributed by atoms with Crippen LogP contribution in [0.2, 0.25) is 0 Å². The number of imidazole rings is 1. The zero-order chi connectivity index (χ0) is 20.1. The summed E-state index contributed by atoms with van der Waals surface area (Å²) in [6, 6.07) is 7.45. The smallest absolute Gasteiger partial charge is 0.267 e. The summed E-state index contributed by atoms with van der Waals surface area (Å²) in [5.74, 6) is 2.63. The van der Waals surface area contributed by atoms with E-state index in [-0.39, 0.29) is 12.5 Å². The Hall–Kier alpha value is -2.58. The molecule has 2 aromatic rings. The monoisotopic (exact) mass is 401 g/mol. The molecule has 1 aromatic heterocycles. The topological polar surface area (TPSA) is 75.1 Å². The van der Waals surface area contributed by atoms with Gasteiger partial charge in [0, 0.05) is 38.5 Å². The minimum atomic E-state index is -0.586. The van der Waals surface area contributed by atoms with E-state index >= 15 is 0 Å². The summed E-state index contributed by atoms with van der Waals surface area (Å²) in [5.41, 5.74) is 0. The Labute approximate surface area is 170 Å². The number of ether oxygens (including phenoxy) is 4. The maximum atomic E-state index is 12.9. The molecule has 0 spiro atoms. The molecule has 2 aliphatic rings. The van der Waals surface area contributed by atoms with Crippen molar-refractivity contribution in [1.82, 2.24) is 14.5 Å². The van der Waals surface area contributed by atoms with Crippen molar-refractivity contribution in [3.05, 3.63) is 42.5 Å². The Morgan fingerprint density at radius 3 is 2.79 bits per heavy atom. The highest BCUT2D eigenvalue weighted by Crippen LogP contribution is 2.32. The maximum absolute atomic E-state index is 12.9. The third-order valence-electron chi connectivity index (χ3n) is 5.37. The first-order chi connectivity index (χ1) is 14.3. The van der Waals surface area contributed by atoms with Crippen molar-refractivity contribution in [2.75, 3.05) is 40.0 Å². The van der Waals surface area contributed by atoms with Gasteiger partial charge in [-0.25, -0.2) is 4.98 Å². The van der Waals surface area contributed by atoms with Gasteiger partial charge in [-0.1, -0.05) is 12.1 Å². The molecule has 2 aliphatic heterocycles. The van der Waals surface area contributed by atoms with Gasteiger partial charge in [0.05, 0.1) is 13.2 Å². The average molecular weight is 401 g/mol. The summed E-state index contributed by atoms with van der Waals surface area (Å²) in [5, 5.41) is 0. The van der Waals surface area contributed by atoms with E-state index in [0.29, 0.717) is 50.5 Å². The lowest BCUT2D eigenvalue weighted by Gasteiger charge is -2.35. The van der Waals surface area contributed by atoms with Crippen LogP contribution in [0, 0.1) is 0 Å². The number of nitrogens with zero attached hydrogens (tertiary/aromatic N) is 3. The molecule has 1 fully saturated rings. The molecule has 1 unspecified atom stereocenters. The third-order valence-corrected chi connectivity index (χ3v) is 5.37. The number of rotatable bonds is 7. The van der Waals surface area contributed by atoms with Crippen LogP contribution in [-0.2, 0) is 21.0 Å². The molecule has 1 atom stereocenters. The Morgan fingerprint density at radius 2 is 2.00 bits per heavy atom. The van der Waals surface area contributed by atoms with Gasteiger partial charge in [-0.15, -0.1) is 0 Å². The standard InChI is InChI=1S/C21H27N3O5/c1-26-12-13-27-15-24-11-8-22-20(24)16-6-9-23(10-7-16)21(25)19-14-28-17-4-2-3-5-18(17)29-19/h2-5,8,11,16,19H,6-7,9-10,12-15H2,1H3. The van der Waals surface area contributed by atoms with Crippen LogP contribution in [0.15, 0.2) is 36.7 Å². The molecule has 0 bridgehead atoms. The summed E-state index contributed by atoms with van der Waals surface area (Å²) < 4.78 is 24.2. The Kier molecular flexibility index (Phi) is 6.31. The van der Waals surface area contributed by atoms with Gasteiger partial charge < -0.3 is 28.4 Å². The van der Waals surface area contributed by atoms with Crippen LogP contribution in [0.3, 0.4) is 0 Å². The largest absolute Gasteiger partial charge is 0.485 e. The number of fused-ring (bicyclic) bond motifs is 1. The van der Waals surface area contributed by atoms with Gasteiger partial charge in [-0.3, -0.25) is 4.79 Å². The SMILES string of the molecule is COCCOCn1ccnc1C1CCN(C(=O)C2COc3ccccc3O2)CC1. The molecule has 8 heteroatoms. The van der Waals surface area contributed by atoms with Gasteiger partial charge in [-0.05, 0) is 25.0 Å². The Bertz CT molecular complexity index is 816. The predicted molar refractivity (Wildman–Crippen MR) is 105 cm³/mol. The van der Waals surface area contributed by atoms with Crippen LogP contribution in [0.1, 0.15) is 24.6 Å². The number of amides is 1. The van der Waals surface area contributed by atoms with E-state index in [1.807, 2.05) is 39.9 Å². The molecule has 1 aromatic carbocycles. The average Bonchev–Trinajstić information content (AvgIpc) is 3.24. The molecule has 1 saturated heterocycles. The van der Waals surface area contributed by atoms with Crippen LogP contribution < -0.4 is 9.47 Å².